The highest BCUT2D eigenvalue weighted by Crippen LogP contribution is 2.37. The lowest BCUT2D eigenvalue weighted by Crippen LogP contribution is -2.44. The number of ketones is 2. The Hall–Kier alpha value is -5.37. The number of Topliss-reactive ketones (excluding diaryl/α,β-unsaturated/α-hetero) is 2. The number of carbonyl (C=O) groups is 4. The topological polar surface area (TPSA) is 117 Å². The molecular formula is C80H131N3O5. The smallest absolute Gasteiger partial charge is 0.224 e. The van der Waals surface area contributed by atoms with Crippen LogP contribution in [0.4, 0.5) is 5.69 Å². The molecule has 1 saturated heterocycles. The number of benzene rings is 4. The van der Waals surface area contributed by atoms with Gasteiger partial charge in [0, 0.05) is 55.9 Å². The molecule has 1 heterocycles. The van der Waals surface area contributed by atoms with Crippen LogP contribution in [0.15, 0.2) is 103 Å². The molecule has 4 aromatic rings. The van der Waals surface area contributed by atoms with Gasteiger partial charge in [0.1, 0.15) is 17.1 Å². The van der Waals surface area contributed by atoms with Crippen molar-refractivity contribution in [3.8, 4) is 5.75 Å². The predicted molar refractivity (Wildman–Crippen MR) is 382 cm³/mol. The van der Waals surface area contributed by atoms with Crippen molar-refractivity contribution in [1.29, 1.82) is 5.41 Å². The van der Waals surface area contributed by atoms with E-state index in [-0.39, 0.29) is 66.0 Å². The maximum atomic E-state index is 12.3. The van der Waals surface area contributed by atoms with Gasteiger partial charge in [-0.2, -0.15) is 0 Å². The molecule has 0 spiro atoms. The summed E-state index contributed by atoms with van der Waals surface area (Å²) in [6.07, 6.45) is 6.48. The van der Waals surface area contributed by atoms with Gasteiger partial charge in [-0.1, -0.05) is 272 Å². The number of nitrogens with one attached hydrogen (secondary N) is 2. The summed E-state index contributed by atoms with van der Waals surface area (Å²) in [4.78, 5) is 50.7. The van der Waals surface area contributed by atoms with E-state index in [9.17, 15) is 19.2 Å². The lowest BCUT2D eigenvalue weighted by Gasteiger charge is -2.36. The van der Waals surface area contributed by atoms with Crippen LogP contribution >= 0.6 is 0 Å². The average molecular weight is 1210 g/mol. The third kappa shape index (κ3) is 36.3. The molecule has 2 unspecified atom stereocenters. The van der Waals surface area contributed by atoms with E-state index in [4.69, 9.17) is 10.1 Å². The quantitative estimate of drug-likeness (QED) is 0.115. The van der Waals surface area contributed by atoms with Crippen molar-refractivity contribution in [3.05, 3.63) is 131 Å². The Bertz CT molecular complexity index is 2680. The van der Waals surface area contributed by atoms with E-state index in [0.29, 0.717) is 55.8 Å². The molecule has 4 aromatic carbocycles. The zero-order chi connectivity index (χ0) is 68.9. The Kier molecular flexibility index (Phi) is 32.1. The fourth-order valence-electron chi connectivity index (χ4n) is 10.1. The number of carbonyl (C=O) groups excluding carboxylic acids is 4. The first-order valence-electron chi connectivity index (χ1n) is 32.6. The number of ether oxygens (including phenoxy) is 1. The van der Waals surface area contributed by atoms with E-state index in [1.54, 1.807) is 0 Å². The second kappa shape index (κ2) is 34.2. The second-order valence-electron chi connectivity index (χ2n) is 35.6. The maximum absolute atomic E-state index is 12.3. The molecule has 0 radical (unpaired) electrons. The highest BCUT2D eigenvalue weighted by molar-refractivity contribution is 5.96. The van der Waals surface area contributed by atoms with E-state index in [1.807, 2.05) is 48.5 Å². The summed E-state index contributed by atoms with van der Waals surface area (Å²) in [5.74, 6) is 2.39. The molecule has 8 heteroatoms. The molecule has 2 atom stereocenters. The lowest BCUT2D eigenvalue weighted by molar-refractivity contribution is -0.135. The number of para-hydroxylation sites is 1. The van der Waals surface area contributed by atoms with Crippen LogP contribution in [-0.4, -0.2) is 53.2 Å². The molecule has 88 heavy (non-hydrogen) atoms. The van der Waals surface area contributed by atoms with Crippen LogP contribution in [0.1, 0.15) is 285 Å². The molecule has 2 amide bonds. The number of hydrogen-bond donors (Lipinski definition) is 2. The number of hydrogen-bond acceptors (Lipinski definition) is 6. The number of anilines is 1. The Morgan fingerprint density at radius 3 is 1.35 bits per heavy atom. The largest absolute Gasteiger partial charge is 0.488 e. The number of amides is 2. The van der Waals surface area contributed by atoms with E-state index in [1.165, 1.54) is 28.7 Å². The van der Waals surface area contributed by atoms with Crippen LogP contribution in [0.5, 0.6) is 5.75 Å². The van der Waals surface area contributed by atoms with Gasteiger partial charge in [-0.25, -0.2) is 0 Å². The minimum Gasteiger partial charge on any atom is -0.488 e. The predicted octanol–water partition coefficient (Wildman–Crippen LogP) is 22.1. The van der Waals surface area contributed by atoms with Gasteiger partial charge in [0.05, 0.1) is 0 Å². The summed E-state index contributed by atoms with van der Waals surface area (Å²) >= 11 is 0. The summed E-state index contributed by atoms with van der Waals surface area (Å²) in [5.41, 5.74) is 7.76. The molecule has 0 aliphatic carbocycles. The lowest BCUT2D eigenvalue weighted by atomic mass is 9.73. The molecule has 1 aliphatic heterocycles. The van der Waals surface area contributed by atoms with Gasteiger partial charge < -0.3 is 20.4 Å². The summed E-state index contributed by atoms with van der Waals surface area (Å²) in [6, 6.07) is 35.4. The van der Waals surface area contributed by atoms with E-state index >= 15 is 0 Å². The van der Waals surface area contributed by atoms with Crippen LogP contribution in [-0.2, 0) is 37.0 Å². The van der Waals surface area contributed by atoms with Crippen molar-refractivity contribution < 1.29 is 23.9 Å². The highest BCUT2D eigenvalue weighted by atomic mass is 16.5. The van der Waals surface area contributed by atoms with Gasteiger partial charge in [0.2, 0.25) is 11.8 Å². The monoisotopic (exact) mass is 1210 g/mol. The highest BCUT2D eigenvalue weighted by Gasteiger charge is 2.38. The van der Waals surface area contributed by atoms with Crippen LogP contribution in [0, 0.1) is 43.8 Å². The van der Waals surface area contributed by atoms with Crippen molar-refractivity contribution >= 4 is 35.8 Å². The number of nitrogens with zero attached hydrogens (tertiary/aromatic N) is 1. The fraction of sp³-hybridized carbons (Fsp3) is 0.637. The molecule has 0 aromatic heterocycles. The molecule has 0 saturated carbocycles. The fourth-order valence-corrected chi connectivity index (χ4v) is 10.1. The third-order valence-electron chi connectivity index (χ3n) is 14.6. The van der Waals surface area contributed by atoms with Gasteiger partial charge in [-0.3, -0.25) is 19.2 Å². The average Bonchev–Trinajstić information content (AvgIpc) is 3.95. The van der Waals surface area contributed by atoms with E-state index in [0.717, 1.165) is 36.4 Å². The van der Waals surface area contributed by atoms with Crippen LogP contribution in [0.3, 0.4) is 0 Å². The van der Waals surface area contributed by atoms with Crippen molar-refractivity contribution in [2.45, 2.75) is 287 Å². The second-order valence-corrected chi connectivity index (χ2v) is 35.6. The number of likely N-dealkylation sites (tertiary alicyclic amines) is 1. The van der Waals surface area contributed by atoms with Crippen molar-refractivity contribution in [2.75, 3.05) is 11.9 Å². The first kappa shape index (κ1) is 82.6. The zero-order valence-corrected chi connectivity index (χ0v) is 62.0. The first-order chi connectivity index (χ1) is 39.6. The van der Waals surface area contributed by atoms with E-state index < -0.39 is 0 Å². The van der Waals surface area contributed by atoms with Crippen molar-refractivity contribution in [1.82, 2.24) is 4.90 Å². The van der Waals surface area contributed by atoms with Crippen LogP contribution in [0.2, 0.25) is 0 Å². The molecule has 1 fully saturated rings. The first-order valence-corrected chi connectivity index (χ1v) is 32.6. The summed E-state index contributed by atoms with van der Waals surface area (Å²) in [5, 5.41) is 8.53. The Morgan fingerprint density at radius 1 is 0.523 bits per heavy atom. The van der Waals surface area contributed by atoms with Gasteiger partial charge >= 0.3 is 0 Å². The standard InChI is InChI=1S/C19H30O.C16H25NO.C16H24O.C14H27NO.C14H22O.CH3N/c1-18(2,3)14-17(20)13-16(19(4,5)6)12-15-10-8-7-9-11-15;1-15(2,3)11-14(18)17-13-10-8-7-9-12(13)16(4,5)6;1-15(2,3)11-14(17)12-7-9-13(10-8-12)16(4,5)6;1-13(2,3)10-12(16)15-9-7-8-11(15)14(4,5)6;1-13(2,3)11-7-9-12(10-8-11)15-14(4,5)6;1-2/h7-11,16H,12-14H2,1-6H3;7-10H,11H2,1-6H3,(H,17,18);7-10H,11H2,1-6H3;11H,7-10H2,1-6H3;7-10H,1-6H3;2H,1H2. The van der Waals surface area contributed by atoms with Gasteiger partial charge in [-0.05, 0) is 142 Å². The van der Waals surface area contributed by atoms with Gasteiger partial charge in [-0.15, -0.1) is 0 Å². The van der Waals surface area contributed by atoms with Crippen molar-refractivity contribution in [3.63, 3.8) is 0 Å². The number of rotatable bonds is 11. The van der Waals surface area contributed by atoms with Crippen molar-refractivity contribution in [2.24, 2.45) is 38.4 Å². The summed E-state index contributed by atoms with van der Waals surface area (Å²) in [7, 11) is 0. The molecule has 0 bridgehead atoms. The molecule has 1 aliphatic rings. The molecular weight excluding hydrogens is 1080 g/mol. The maximum Gasteiger partial charge on any atom is 0.224 e. The van der Waals surface area contributed by atoms with Gasteiger partial charge in [0.15, 0.2) is 5.78 Å². The van der Waals surface area contributed by atoms with Crippen LogP contribution in [0.25, 0.3) is 0 Å². The zero-order valence-electron chi connectivity index (χ0n) is 62.0. The van der Waals surface area contributed by atoms with Crippen LogP contribution < -0.4 is 10.1 Å². The SMILES string of the molecule is C=N.CC(C)(C)CC(=O)CC(Cc1ccccc1)C(C)(C)C.CC(C)(C)CC(=O)N1CCCC1C(C)(C)C.CC(C)(C)CC(=O)Nc1ccccc1C(C)(C)C.CC(C)(C)CC(=O)c1ccc(C(C)(C)C)cc1.CC(C)(C)Oc1ccc(C(C)(C)C)cc1. The Labute approximate surface area is 541 Å². The molecule has 2 N–H and O–H groups in total. The summed E-state index contributed by atoms with van der Waals surface area (Å²) in [6.45, 7) is 68.0. The molecule has 496 valence electrons. The minimum atomic E-state index is -0.122. The Morgan fingerprint density at radius 2 is 0.955 bits per heavy atom. The molecule has 8 nitrogen and oxygen atoms in total. The Balaban J connectivity index is 0.00000107. The van der Waals surface area contributed by atoms with Gasteiger partial charge in [0.25, 0.3) is 0 Å². The van der Waals surface area contributed by atoms with E-state index in [2.05, 4.69) is 279 Å². The normalized spacial score (nSPS) is 14.5. The molecule has 5 rings (SSSR count). The summed E-state index contributed by atoms with van der Waals surface area (Å²) < 4.78 is 5.77. The minimum absolute atomic E-state index is 0.0146. The third-order valence-corrected chi connectivity index (χ3v) is 14.6.